The van der Waals surface area contributed by atoms with Crippen LogP contribution in [0.4, 0.5) is 0 Å². The largest absolute Gasteiger partial charge is 0.468 e. The minimum atomic E-state index is -0.0976. The zero-order valence-electron chi connectivity index (χ0n) is 17.7. The normalized spacial score (nSPS) is 20.4. The average molecular weight is 519 g/mol. The van der Waals surface area contributed by atoms with E-state index >= 15 is 0 Å². The Labute approximate surface area is 192 Å². The molecule has 0 spiro atoms. The van der Waals surface area contributed by atoms with Crippen LogP contribution in [-0.4, -0.2) is 79.3 Å². The Balaban J connectivity index is 0.00000300. The van der Waals surface area contributed by atoms with Gasteiger partial charge in [0, 0.05) is 26.2 Å². The first-order chi connectivity index (χ1) is 13.8. The van der Waals surface area contributed by atoms with Crippen molar-refractivity contribution in [2.75, 3.05) is 52.4 Å². The fourth-order valence-corrected chi connectivity index (χ4v) is 4.09. The van der Waals surface area contributed by atoms with Gasteiger partial charge in [0.1, 0.15) is 5.76 Å². The predicted octanol–water partition coefficient (Wildman–Crippen LogP) is 2.44. The number of halogens is 1. The van der Waals surface area contributed by atoms with E-state index in [1.807, 2.05) is 6.07 Å². The lowest BCUT2D eigenvalue weighted by Gasteiger charge is -2.29. The lowest BCUT2D eigenvalue weighted by atomic mass is 10.1. The number of aliphatic imine (C=N–C) groups is 1. The fourth-order valence-electron chi connectivity index (χ4n) is 4.09. The van der Waals surface area contributed by atoms with Gasteiger partial charge in [-0.25, -0.2) is 0 Å². The van der Waals surface area contributed by atoms with Gasteiger partial charge in [-0.15, -0.1) is 24.0 Å². The third kappa shape index (κ3) is 8.07. The van der Waals surface area contributed by atoms with E-state index in [9.17, 15) is 5.11 Å². The second-order valence-corrected chi connectivity index (χ2v) is 7.85. The molecule has 2 aliphatic heterocycles. The molecular weight excluding hydrogens is 481 g/mol. The summed E-state index contributed by atoms with van der Waals surface area (Å²) in [7, 11) is 0. The molecule has 0 radical (unpaired) electrons. The molecule has 2 aliphatic rings. The molecule has 8 heteroatoms. The third-order valence-corrected chi connectivity index (χ3v) is 5.72. The van der Waals surface area contributed by atoms with Gasteiger partial charge in [0.25, 0.3) is 0 Å². The van der Waals surface area contributed by atoms with E-state index < -0.39 is 0 Å². The fraction of sp³-hybridized carbons (Fsp3) is 0.762. The molecule has 1 aromatic heterocycles. The highest BCUT2D eigenvalue weighted by Gasteiger charge is 2.25. The number of piperidine rings is 1. The molecule has 166 valence electrons. The van der Waals surface area contributed by atoms with Crippen molar-refractivity contribution in [3.63, 3.8) is 0 Å². The van der Waals surface area contributed by atoms with Gasteiger partial charge in [0.15, 0.2) is 5.96 Å². The average Bonchev–Trinajstić information content (AvgIpc) is 3.41. The Hall–Kier alpha value is -0.840. The molecule has 0 aromatic carbocycles. The van der Waals surface area contributed by atoms with Crippen molar-refractivity contribution in [1.29, 1.82) is 0 Å². The van der Waals surface area contributed by atoms with Crippen LogP contribution in [0, 0.1) is 0 Å². The van der Waals surface area contributed by atoms with Crippen molar-refractivity contribution in [2.45, 2.75) is 51.2 Å². The Kier molecular flexibility index (Phi) is 11.3. The van der Waals surface area contributed by atoms with Gasteiger partial charge in [-0.3, -0.25) is 9.89 Å². The summed E-state index contributed by atoms with van der Waals surface area (Å²) in [6, 6.07) is 4.24. The number of furan rings is 1. The quantitative estimate of drug-likeness (QED) is 0.202. The first-order valence-electron chi connectivity index (χ1n) is 11.0. The molecule has 1 atom stereocenters. The zero-order chi connectivity index (χ0) is 19.6. The Morgan fingerprint density at radius 1 is 1.24 bits per heavy atom. The Bertz CT molecular complexity index is 570. The summed E-state index contributed by atoms with van der Waals surface area (Å²) in [5.74, 6) is 1.89. The molecule has 0 aliphatic carbocycles. The molecule has 1 aromatic rings. The maximum atomic E-state index is 9.61. The van der Waals surface area contributed by atoms with Gasteiger partial charge in [-0.2, -0.15) is 0 Å². The minimum Gasteiger partial charge on any atom is -0.468 e. The molecule has 29 heavy (non-hydrogen) atoms. The molecule has 0 bridgehead atoms. The van der Waals surface area contributed by atoms with Crippen molar-refractivity contribution in [3.8, 4) is 0 Å². The number of nitrogens with one attached hydrogen (secondary N) is 2. The number of aliphatic hydroxyl groups is 1. The SMILES string of the molecule is CCNC(=NCC(c1ccco1)N1CCCC1)NCCCN1CCC(O)CC1.I. The van der Waals surface area contributed by atoms with Crippen molar-refractivity contribution < 1.29 is 9.52 Å². The summed E-state index contributed by atoms with van der Waals surface area (Å²) >= 11 is 0. The van der Waals surface area contributed by atoms with E-state index in [-0.39, 0.29) is 36.1 Å². The second-order valence-electron chi connectivity index (χ2n) is 7.85. The van der Waals surface area contributed by atoms with Gasteiger partial charge in [0.05, 0.1) is 25.0 Å². The number of nitrogens with zero attached hydrogens (tertiary/aromatic N) is 3. The van der Waals surface area contributed by atoms with Crippen molar-refractivity contribution in [1.82, 2.24) is 20.4 Å². The molecule has 7 nitrogen and oxygen atoms in total. The standard InChI is InChI=1S/C21H37N5O2.HI/c1-2-22-21(23-10-6-11-25-14-8-18(27)9-15-25)24-17-19(20-7-5-16-28-20)26-12-3-4-13-26;/h5,7,16,18-19,27H,2-4,6,8-15,17H2,1H3,(H2,22,23,24);1H. The van der Waals surface area contributed by atoms with Crippen LogP contribution in [0.3, 0.4) is 0 Å². The Morgan fingerprint density at radius 3 is 2.66 bits per heavy atom. The van der Waals surface area contributed by atoms with E-state index in [0.29, 0.717) is 6.54 Å². The van der Waals surface area contributed by atoms with Gasteiger partial charge in [-0.1, -0.05) is 0 Å². The molecule has 3 heterocycles. The van der Waals surface area contributed by atoms with Gasteiger partial charge in [-0.05, 0) is 70.8 Å². The molecule has 0 amide bonds. The summed E-state index contributed by atoms with van der Waals surface area (Å²) in [4.78, 5) is 9.78. The van der Waals surface area contributed by atoms with E-state index in [1.54, 1.807) is 6.26 Å². The zero-order valence-corrected chi connectivity index (χ0v) is 20.0. The van der Waals surface area contributed by atoms with Gasteiger partial charge < -0.3 is 25.1 Å². The first-order valence-corrected chi connectivity index (χ1v) is 11.0. The highest BCUT2D eigenvalue weighted by atomic mass is 127. The summed E-state index contributed by atoms with van der Waals surface area (Å²) in [6.07, 6.45) is 7.06. The van der Waals surface area contributed by atoms with Crippen LogP contribution in [-0.2, 0) is 0 Å². The topological polar surface area (TPSA) is 76.3 Å². The number of hydrogen-bond donors (Lipinski definition) is 3. The first kappa shape index (κ1) is 24.4. The molecular formula is C21H38IN5O2. The monoisotopic (exact) mass is 519 g/mol. The molecule has 3 rings (SSSR count). The molecule has 0 saturated carbocycles. The van der Waals surface area contributed by atoms with Crippen molar-refractivity contribution in [3.05, 3.63) is 24.2 Å². The lowest BCUT2D eigenvalue weighted by molar-refractivity contribution is 0.0823. The second kappa shape index (κ2) is 13.5. The number of guanidine groups is 1. The summed E-state index contributed by atoms with van der Waals surface area (Å²) in [5, 5.41) is 16.4. The van der Waals surface area contributed by atoms with E-state index in [0.717, 1.165) is 76.8 Å². The van der Waals surface area contributed by atoms with Crippen molar-refractivity contribution in [2.24, 2.45) is 4.99 Å². The van der Waals surface area contributed by atoms with E-state index in [1.165, 1.54) is 12.8 Å². The van der Waals surface area contributed by atoms with Gasteiger partial charge in [0.2, 0.25) is 0 Å². The summed E-state index contributed by atoms with van der Waals surface area (Å²) < 4.78 is 5.70. The van der Waals surface area contributed by atoms with Crippen LogP contribution >= 0.6 is 24.0 Å². The summed E-state index contributed by atoms with van der Waals surface area (Å²) in [5.41, 5.74) is 0. The highest BCUT2D eigenvalue weighted by molar-refractivity contribution is 14.0. The summed E-state index contributed by atoms with van der Waals surface area (Å²) in [6.45, 7) is 9.89. The smallest absolute Gasteiger partial charge is 0.191 e. The van der Waals surface area contributed by atoms with Crippen LogP contribution in [0.1, 0.15) is 50.8 Å². The third-order valence-electron chi connectivity index (χ3n) is 5.72. The van der Waals surface area contributed by atoms with Crippen LogP contribution < -0.4 is 10.6 Å². The van der Waals surface area contributed by atoms with E-state index in [2.05, 4.69) is 33.4 Å². The van der Waals surface area contributed by atoms with Crippen LogP contribution in [0.2, 0.25) is 0 Å². The maximum absolute atomic E-state index is 9.61. The Morgan fingerprint density at radius 2 is 2.00 bits per heavy atom. The lowest BCUT2D eigenvalue weighted by Crippen LogP contribution is -2.41. The van der Waals surface area contributed by atoms with Crippen molar-refractivity contribution >= 4 is 29.9 Å². The number of rotatable bonds is 9. The van der Waals surface area contributed by atoms with Crippen LogP contribution in [0.25, 0.3) is 0 Å². The van der Waals surface area contributed by atoms with Crippen LogP contribution in [0.5, 0.6) is 0 Å². The highest BCUT2D eigenvalue weighted by Crippen LogP contribution is 2.25. The molecule has 2 fully saturated rings. The molecule has 2 saturated heterocycles. The number of hydrogen-bond acceptors (Lipinski definition) is 5. The minimum absolute atomic E-state index is 0. The van der Waals surface area contributed by atoms with E-state index in [4.69, 9.17) is 9.41 Å². The number of aliphatic hydroxyl groups excluding tert-OH is 1. The van der Waals surface area contributed by atoms with Crippen LogP contribution in [0.15, 0.2) is 27.8 Å². The maximum Gasteiger partial charge on any atom is 0.191 e. The molecule has 3 N–H and O–H groups in total. The number of likely N-dealkylation sites (tertiary alicyclic amines) is 2. The molecule has 1 unspecified atom stereocenters. The predicted molar refractivity (Wildman–Crippen MR) is 128 cm³/mol. The van der Waals surface area contributed by atoms with Gasteiger partial charge >= 0.3 is 0 Å².